The molecule has 6 nitrogen and oxygen atoms in total. The van der Waals surface area contributed by atoms with Crippen molar-refractivity contribution in [2.75, 3.05) is 27.2 Å². The lowest BCUT2D eigenvalue weighted by Crippen LogP contribution is -2.48. The number of carbonyl (C=O) groups excluding carboxylic acids is 3. The van der Waals surface area contributed by atoms with Crippen LogP contribution in [-0.2, 0) is 19.1 Å². The normalized spacial score (nSPS) is 22.8. The van der Waals surface area contributed by atoms with Crippen molar-refractivity contribution in [3.05, 3.63) is 0 Å². The fourth-order valence-corrected chi connectivity index (χ4v) is 2.88. The second-order valence-corrected chi connectivity index (χ2v) is 6.11. The van der Waals surface area contributed by atoms with Crippen LogP contribution in [0, 0.1) is 11.8 Å². The molecule has 1 saturated heterocycles. The highest BCUT2D eigenvalue weighted by Gasteiger charge is 2.41. The van der Waals surface area contributed by atoms with Gasteiger partial charge in [-0.15, -0.1) is 0 Å². The number of methoxy groups -OCH3 is 1. The summed E-state index contributed by atoms with van der Waals surface area (Å²) >= 11 is 0. The molecular weight excluding hydrogens is 272 g/mol. The highest BCUT2D eigenvalue weighted by Crippen LogP contribution is 2.34. The van der Waals surface area contributed by atoms with Gasteiger partial charge in [-0.3, -0.25) is 14.4 Å². The first-order valence-corrected chi connectivity index (χ1v) is 7.59. The van der Waals surface area contributed by atoms with Gasteiger partial charge in [-0.25, -0.2) is 0 Å². The number of likely N-dealkylation sites (tertiary alicyclic amines) is 1. The van der Waals surface area contributed by atoms with Crippen molar-refractivity contribution in [3.8, 4) is 0 Å². The average Bonchev–Trinajstić information content (AvgIpc) is 3.21. The van der Waals surface area contributed by atoms with Gasteiger partial charge < -0.3 is 14.5 Å². The zero-order valence-electron chi connectivity index (χ0n) is 13.0. The molecule has 1 aliphatic heterocycles. The molecule has 0 aromatic carbocycles. The van der Waals surface area contributed by atoms with E-state index in [4.69, 9.17) is 0 Å². The molecule has 118 valence electrons. The van der Waals surface area contributed by atoms with Crippen molar-refractivity contribution in [2.24, 2.45) is 11.8 Å². The summed E-state index contributed by atoms with van der Waals surface area (Å²) in [4.78, 5) is 39.5. The monoisotopic (exact) mass is 296 g/mol. The summed E-state index contributed by atoms with van der Waals surface area (Å²) < 4.78 is 4.68. The van der Waals surface area contributed by atoms with E-state index in [1.54, 1.807) is 23.8 Å². The smallest absolute Gasteiger partial charge is 0.310 e. The Morgan fingerprint density at radius 2 is 1.95 bits per heavy atom. The first kappa shape index (κ1) is 15.8. The highest BCUT2D eigenvalue weighted by molar-refractivity contribution is 5.90. The third-order valence-electron chi connectivity index (χ3n) is 4.28. The predicted molar refractivity (Wildman–Crippen MR) is 76.3 cm³/mol. The Balaban J connectivity index is 1.94. The number of carbonyl (C=O) groups is 3. The summed E-state index contributed by atoms with van der Waals surface area (Å²) in [7, 11) is 3.02. The zero-order valence-corrected chi connectivity index (χ0v) is 13.0. The molecule has 0 N–H and O–H groups in total. The van der Waals surface area contributed by atoms with Crippen LogP contribution in [0.5, 0.6) is 0 Å². The van der Waals surface area contributed by atoms with Crippen LogP contribution in [0.1, 0.15) is 32.6 Å². The number of esters is 1. The van der Waals surface area contributed by atoms with Crippen molar-refractivity contribution in [1.82, 2.24) is 9.80 Å². The molecule has 2 aliphatic rings. The van der Waals surface area contributed by atoms with Crippen LogP contribution >= 0.6 is 0 Å². The van der Waals surface area contributed by atoms with Crippen LogP contribution in [0.4, 0.5) is 0 Å². The summed E-state index contributed by atoms with van der Waals surface area (Å²) in [5.41, 5.74) is 0. The summed E-state index contributed by atoms with van der Waals surface area (Å²) in [5.74, 6) is -0.500. The first-order chi connectivity index (χ1) is 9.95. The molecule has 1 saturated carbocycles. The molecule has 2 unspecified atom stereocenters. The molecule has 2 amide bonds. The van der Waals surface area contributed by atoms with Gasteiger partial charge in [0, 0.05) is 26.1 Å². The van der Waals surface area contributed by atoms with Gasteiger partial charge in [0.15, 0.2) is 0 Å². The van der Waals surface area contributed by atoms with Crippen molar-refractivity contribution in [3.63, 3.8) is 0 Å². The van der Waals surface area contributed by atoms with Crippen molar-refractivity contribution in [1.29, 1.82) is 0 Å². The van der Waals surface area contributed by atoms with E-state index in [9.17, 15) is 14.4 Å². The number of likely N-dealkylation sites (N-methyl/N-ethyl adjacent to an activating group) is 1. The van der Waals surface area contributed by atoms with Crippen molar-refractivity contribution >= 4 is 17.8 Å². The van der Waals surface area contributed by atoms with Gasteiger partial charge >= 0.3 is 5.97 Å². The SMILES string of the molecule is COC(=O)C(C)CN(C)C(=O)C1CCCN1C(=O)C1CC1. The molecule has 2 atom stereocenters. The molecule has 6 heteroatoms. The van der Waals surface area contributed by atoms with E-state index >= 15 is 0 Å². The van der Waals surface area contributed by atoms with Gasteiger partial charge in [-0.1, -0.05) is 6.92 Å². The van der Waals surface area contributed by atoms with E-state index in [1.165, 1.54) is 7.11 Å². The third-order valence-corrected chi connectivity index (χ3v) is 4.28. The maximum absolute atomic E-state index is 12.5. The Morgan fingerprint density at radius 3 is 2.52 bits per heavy atom. The molecule has 21 heavy (non-hydrogen) atoms. The number of rotatable bonds is 5. The minimum absolute atomic E-state index is 0.0720. The Kier molecular flexibility index (Phi) is 4.85. The number of ether oxygens (including phenoxy) is 1. The number of nitrogens with zero attached hydrogens (tertiary/aromatic N) is 2. The third kappa shape index (κ3) is 3.54. The zero-order chi connectivity index (χ0) is 15.6. The van der Waals surface area contributed by atoms with Gasteiger partial charge in [0.25, 0.3) is 0 Å². The van der Waals surface area contributed by atoms with E-state index in [0.717, 1.165) is 19.3 Å². The minimum Gasteiger partial charge on any atom is -0.469 e. The lowest BCUT2D eigenvalue weighted by Gasteiger charge is -2.29. The van der Waals surface area contributed by atoms with Crippen LogP contribution in [-0.4, -0.2) is 60.9 Å². The first-order valence-electron chi connectivity index (χ1n) is 7.59. The number of hydrogen-bond donors (Lipinski definition) is 0. The minimum atomic E-state index is -0.363. The Bertz CT molecular complexity index is 433. The van der Waals surface area contributed by atoms with Crippen LogP contribution in [0.25, 0.3) is 0 Å². The molecule has 2 rings (SSSR count). The molecule has 0 spiro atoms. The fourth-order valence-electron chi connectivity index (χ4n) is 2.88. The summed E-state index contributed by atoms with van der Waals surface area (Å²) in [6.07, 6.45) is 3.49. The summed E-state index contributed by atoms with van der Waals surface area (Å²) in [6.45, 7) is 2.72. The predicted octanol–water partition coefficient (Wildman–Crippen LogP) is 0.655. The van der Waals surface area contributed by atoms with Crippen molar-refractivity contribution < 1.29 is 19.1 Å². The molecule has 0 aromatic heterocycles. The van der Waals surface area contributed by atoms with Gasteiger partial charge in [0.2, 0.25) is 11.8 Å². The van der Waals surface area contributed by atoms with E-state index < -0.39 is 0 Å². The van der Waals surface area contributed by atoms with Gasteiger partial charge in [-0.2, -0.15) is 0 Å². The fraction of sp³-hybridized carbons (Fsp3) is 0.800. The molecule has 0 bridgehead atoms. The van der Waals surface area contributed by atoms with Gasteiger partial charge in [0.05, 0.1) is 13.0 Å². The summed E-state index contributed by atoms with van der Waals surface area (Å²) in [6, 6.07) is -0.354. The van der Waals surface area contributed by atoms with Gasteiger partial charge in [0.1, 0.15) is 6.04 Å². The van der Waals surface area contributed by atoms with E-state index in [2.05, 4.69) is 4.74 Å². The maximum atomic E-state index is 12.5. The quantitative estimate of drug-likeness (QED) is 0.699. The van der Waals surface area contributed by atoms with Crippen LogP contribution in [0.3, 0.4) is 0 Å². The van der Waals surface area contributed by atoms with Crippen LogP contribution in [0.2, 0.25) is 0 Å². The molecule has 2 fully saturated rings. The lowest BCUT2D eigenvalue weighted by atomic mass is 10.1. The average molecular weight is 296 g/mol. The Hall–Kier alpha value is -1.59. The van der Waals surface area contributed by atoms with Gasteiger partial charge in [-0.05, 0) is 25.7 Å². The number of amides is 2. The number of hydrogen-bond acceptors (Lipinski definition) is 4. The van der Waals surface area contributed by atoms with Crippen molar-refractivity contribution in [2.45, 2.75) is 38.6 Å². The largest absolute Gasteiger partial charge is 0.469 e. The molecular formula is C15H24N2O4. The lowest BCUT2D eigenvalue weighted by molar-refractivity contribution is -0.148. The maximum Gasteiger partial charge on any atom is 0.310 e. The topological polar surface area (TPSA) is 66.9 Å². The highest BCUT2D eigenvalue weighted by atomic mass is 16.5. The molecule has 0 aromatic rings. The van der Waals surface area contributed by atoms with Crippen LogP contribution in [0.15, 0.2) is 0 Å². The summed E-state index contributed by atoms with van der Waals surface area (Å²) in [5, 5.41) is 0. The van der Waals surface area contributed by atoms with E-state index in [1.807, 2.05) is 0 Å². The molecule has 1 heterocycles. The second-order valence-electron chi connectivity index (χ2n) is 6.11. The molecule has 0 radical (unpaired) electrons. The van der Waals surface area contributed by atoms with E-state index in [-0.39, 0.29) is 35.7 Å². The Labute approximate surface area is 125 Å². The molecule has 1 aliphatic carbocycles. The second kappa shape index (κ2) is 6.45. The van der Waals surface area contributed by atoms with Crippen LogP contribution < -0.4 is 0 Å². The standard InChI is InChI=1S/C15H24N2O4/c1-10(15(20)21-3)9-16(2)14(19)12-5-4-8-17(12)13(18)11-6-7-11/h10-12H,4-9H2,1-3H3. The Morgan fingerprint density at radius 1 is 1.29 bits per heavy atom. The van der Waals surface area contributed by atoms with E-state index in [0.29, 0.717) is 19.5 Å².